The number of alkyl halides is 3. The van der Waals surface area contributed by atoms with E-state index in [1.54, 1.807) is 12.1 Å². The largest absolute Gasteiger partial charge is 0.464 e. The molecule has 0 aromatic heterocycles. The van der Waals surface area contributed by atoms with Gasteiger partial charge in [-0.05, 0) is 35.9 Å². The van der Waals surface area contributed by atoms with Gasteiger partial charge in [-0.15, -0.1) is 0 Å². The first-order valence-corrected chi connectivity index (χ1v) is 9.82. The number of rotatable bonds is 2. The van der Waals surface area contributed by atoms with Gasteiger partial charge < -0.3 is 4.74 Å². The molecule has 2 atom stereocenters. The highest BCUT2D eigenvalue weighted by molar-refractivity contribution is 6.30. The fourth-order valence-corrected chi connectivity index (χ4v) is 4.10. The van der Waals surface area contributed by atoms with Gasteiger partial charge in [-0.1, -0.05) is 54.1 Å². The van der Waals surface area contributed by atoms with Crippen molar-refractivity contribution in [1.82, 2.24) is 5.01 Å². The van der Waals surface area contributed by atoms with Crippen LogP contribution in [0.2, 0.25) is 5.02 Å². The van der Waals surface area contributed by atoms with Gasteiger partial charge in [0.25, 0.3) is 0 Å². The highest BCUT2D eigenvalue weighted by Gasteiger charge is 2.41. The molecule has 0 amide bonds. The summed E-state index contributed by atoms with van der Waals surface area (Å²) in [7, 11) is 0. The predicted molar refractivity (Wildman–Crippen MR) is 108 cm³/mol. The van der Waals surface area contributed by atoms with Crippen molar-refractivity contribution in [3.05, 3.63) is 100 Å². The van der Waals surface area contributed by atoms with Crippen molar-refractivity contribution in [2.24, 2.45) is 5.10 Å². The van der Waals surface area contributed by atoms with Crippen LogP contribution < -0.4 is 4.74 Å². The van der Waals surface area contributed by atoms with Crippen LogP contribution >= 0.6 is 11.6 Å². The van der Waals surface area contributed by atoms with E-state index in [0.29, 0.717) is 22.8 Å². The van der Waals surface area contributed by atoms with Crippen LogP contribution in [-0.2, 0) is 6.18 Å². The monoisotopic (exact) mass is 428 g/mol. The SMILES string of the molecule is FC(F)(F)c1ccc(C2Oc3ccc(Cl)cc3C3CC(c4ccccc4)=NN32)cc1. The molecule has 3 nitrogen and oxygen atoms in total. The number of hydrogen-bond donors (Lipinski definition) is 0. The van der Waals surface area contributed by atoms with Crippen LogP contribution in [0.5, 0.6) is 5.75 Å². The van der Waals surface area contributed by atoms with E-state index in [0.717, 1.165) is 29.0 Å². The summed E-state index contributed by atoms with van der Waals surface area (Å²) in [6, 6.07) is 20.1. The maximum atomic E-state index is 13.0. The third-order valence-electron chi connectivity index (χ3n) is 5.38. The summed E-state index contributed by atoms with van der Waals surface area (Å²) in [5.41, 5.74) is 2.73. The van der Waals surface area contributed by atoms with E-state index in [1.807, 2.05) is 41.4 Å². The van der Waals surface area contributed by atoms with Crippen molar-refractivity contribution in [3.8, 4) is 5.75 Å². The standard InChI is InChI=1S/C23H16ClF3N2O/c24-17-10-11-21-18(12-17)20-13-19(14-4-2-1-3-5-14)28-29(20)22(30-21)15-6-8-16(9-7-15)23(25,26)27/h1-12,20,22H,13H2. The molecule has 0 saturated heterocycles. The normalized spacial score (nSPS) is 20.3. The van der Waals surface area contributed by atoms with Crippen molar-refractivity contribution in [2.45, 2.75) is 24.9 Å². The zero-order valence-corrected chi connectivity index (χ0v) is 16.4. The number of benzene rings is 3. The van der Waals surface area contributed by atoms with E-state index < -0.39 is 18.0 Å². The minimum atomic E-state index is -4.38. The molecule has 0 spiro atoms. The lowest BCUT2D eigenvalue weighted by atomic mass is 9.96. The molecule has 152 valence electrons. The zero-order chi connectivity index (χ0) is 20.9. The van der Waals surface area contributed by atoms with Crippen molar-refractivity contribution in [2.75, 3.05) is 0 Å². The highest BCUT2D eigenvalue weighted by atomic mass is 35.5. The van der Waals surface area contributed by atoms with E-state index >= 15 is 0 Å². The van der Waals surface area contributed by atoms with Gasteiger partial charge >= 0.3 is 6.18 Å². The Labute approximate surface area is 176 Å². The van der Waals surface area contributed by atoms with Crippen LogP contribution in [0, 0.1) is 0 Å². The summed E-state index contributed by atoms with van der Waals surface area (Å²) in [5.74, 6) is 0.662. The number of fused-ring (bicyclic) bond motifs is 3. The Bertz CT molecular complexity index is 1110. The number of hydrogen-bond acceptors (Lipinski definition) is 3. The van der Waals surface area contributed by atoms with E-state index in [4.69, 9.17) is 21.4 Å². The Balaban J connectivity index is 1.57. The molecule has 0 saturated carbocycles. The van der Waals surface area contributed by atoms with Gasteiger partial charge in [0.15, 0.2) is 0 Å². The molecule has 30 heavy (non-hydrogen) atoms. The second-order valence-corrected chi connectivity index (χ2v) is 7.72. The minimum Gasteiger partial charge on any atom is -0.464 e. The first-order chi connectivity index (χ1) is 14.4. The average Bonchev–Trinajstić information content (AvgIpc) is 3.19. The fourth-order valence-electron chi connectivity index (χ4n) is 3.92. The molecular weight excluding hydrogens is 413 g/mol. The summed E-state index contributed by atoms with van der Waals surface area (Å²) in [4.78, 5) is 0. The van der Waals surface area contributed by atoms with Gasteiger partial charge in [0.2, 0.25) is 6.23 Å². The van der Waals surface area contributed by atoms with E-state index in [1.165, 1.54) is 12.1 Å². The Morgan fingerprint density at radius 2 is 1.70 bits per heavy atom. The van der Waals surface area contributed by atoms with Crippen LogP contribution in [0.4, 0.5) is 13.2 Å². The van der Waals surface area contributed by atoms with E-state index in [9.17, 15) is 13.2 Å². The molecule has 0 fully saturated rings. The topological polar surface area (TPSA) is 24.8 Å². The van der Waals surface area contributed by atoms with Crippen LogP contribution in [0.3, 0.4) is 0 Å². The van der Waals surface area contributed by atoms with Crippen LogP contribution in [0.15, 0.2) is 77.9 Å². The number of ether oxygens (including phenoxy) is 1. The number of hydrazone groups is 1. The van der Waals surface area contributed by atoms with Gasteiger partial charge in [-0.3, -0.25) is 0 Å². The summed E-state index contributed by atoms with van der Waals surface area (Å²) in [5, 5.41) is 7.22. The molecule has 0 aliphatic carbocycles. The molecule has 0 N–H and O–H groups in total. The molecule has 2 aliphatic heterocycles. The second kappa shape index (κ2) is 7.06. The van der Waals surface area contributed by atoms with Gasteiger partial charge in [-0.2, -0.15) is 18.3 Å². The molecule has 2 aliphatic rings. The summed E-state index contributed by atoms with van der Waals surface area (Å²) in [6.45, 7) is 0. The van der Waals surface area contributed by atoms with Crippen molar-refractivity contribution in [3.63, 3.8) is 0 Å². The van der Waals surface area contributed by atoms with Gasteiger partial charge in [0.05, 0.1) is 17.3 Å². The lowest BCUT2D eigenvalue weighted by molar-refractivity contribution is -0.137. The third kappa shape index (κ3) is 3.31. The van der Waals surface area contributed by atoms with Crippen molar-refractivity contribution >= 4 is 17.3 Å². The van der Waals surface area contributed by atoms with Crippen LogP contribution in [0.1, 0.15) is 40.9 Å². The minimum absolute atomic E-state index is 0.116. The highest BCUT2D eigenvalue weighted by Crippen LogP contribution is 2.48. The summed E-state index contributed by atoms with van der Waals surface area (Å²) < 4.78 is 45.1. The van der Waals surface area contributed by atoms with Gasteiger partial charge in [-0.25, -0.2) is 5.01 Å². The second-order valence-electron chi connectivity index (χ2n) is 7.28. The van der Waals surface area contributed by atoms with Crippen molar-refractivity contribution < 1.29 is 17.9 Å². The van der Waals surface area contributed by atoms with Gasteiger partial charge in [0, 0.05) is 22.6 Å². The lowest BCUT2D eigenvalue weighted by Crippen LogP contribution is -2.33. The Hall–Kier alpha value is -2.99. The van der Waals surface area contributed by atoms with Gasteiger partial charge in [0.1, 0.15) is 5.75 Å². The molecule has 0 radical (unpaired) electrons. The maximum Gasteiger partial charge on any atom is 0.416 e. The number of halogens is 4. The molecule has 0 bridgehead atoms. The zero-order valence-electron chi connectivity index (χ0n) is 15.6. The van der Waals surface area contributed by atoms with E-state index in [-0.39, 0.29) is 6.04 Å². The molecule has 5 rings (SSSR count). The maximum absolute atomic E-state index is 13.0. The summed E-state index contributed by atoms with van der Waals surface area (Å²) in [6.07, 6.45) is -4.37. The summed E-state index contributed by atoms with van der Waals surface area (Å²) >= 11 is 6.22. The Kier molecular flexibility index (Phi) is 4.47. The Morgan fingerprint density at radius 3 is 2.40 bits per heavy atom. The molecule has 2 unspecified atom stereocenters. The predicted octanol–water partition coefficient (Wildman–Crippen LogP) is 6.60. The molecule has 7 heteroatoms. The van der Waals surface area contributed by atoms with Crippen LogP contribution in [-0.4, -0.2) is 10.7 Å². The quantitative estimate of drug-likeness (QED) is 0.459. The molecule has 2 heterocycles. The lowest BCUT2D eigenvalue weighted by Gasteiger charge is -2.38. The average molecular weight is 429 g/mol. The van der Waals surface area contributed by atoms with E-state index in [2.05, 4.69) is 0 Å². The molecule has 3 aromatic carbocycles. The number of nitrogens with zero attached hydrogens (tertiary/aromatic N) is 2. The van der Waals surface area contributed by atoms with Crippen LogP contribution in [0.25, 0.3) is 0 Å². The van der Waals surface area contributed by atoms with Crippen molar-refractivity contribution in [1.29, 1.82) is 0 Å². The molecular formula is C23H16ClF3N2O. The third-order valence-corrected chi connectivity index (χ3v) is 5.62. The smallest absolute Gasteiger partial charge is 0.416 e. The first kappa shape index (κ1) is 19.0. The Morgan fingerprint density at radius 1 is 0.967 bits per heavy atom. The molecule has 3 aromatic rings. The first-order valence-electron chi connectivity index (χ1n) is 9.44. The fraction of sp³-hybridized carbons (Fsp3) is 0.174.